The highest BCUT2D eigenvalue weighted by atomic mass is 127. The highest BCUT2D eigenvalue weighted by Crippen LogP contribution is 2.20. The van der Waals surface area contributed by atoms with Crippen LogP contribution in [0.5, 0.6) is 0 Å². The molecule has 1 N–H and O–H groups in total. The largest absolute Gasteiger partial charge is 0.396 e. The summed E-state index contributed by atoms with van der Waals surface area (Å²) in [6.45, 7) is 5.89. The molecule has 1 aromatic carbocycles. The number of rotatable bonds is 8. The maximum absolute atomic E-state index is 9.07. The molecule has 0 spiro atoms. The van der Waals surface area contributed by atoms with Crippen LogP contribution in [0.15, 0.2) is 40.0 Å². The van der Waals surface area contributed by atoms with Crippen molar-refractivity contribution in [3.63, 3.8) is 0 Å². The molecular weight excluding hydrogens is 351 g/mol. The van der Waals surface area contributed by atoms with Crippen LogP contribution in [-0.4, -0.2) is 18.3 Å². The van der Waals surface area contributed by atoms with Crippen LogP contribution in [0.25, 0.3) is 0 Å². The predicted molar refractivity (Wildman–Crippen MR) is 88.2 cm³/mol. The Hall–Kier alpha value is -0.390. The van der Waals surface area contributed by atoms with Crippen LogP contribution in [0.3, 0.4) is 0 Å². The Kier molecular flexibility index (Phi) is 8.34. The summed E-state index contributed by atoms with van der Waals surface area (Å²) in [5.74, 6) is 0.748. The Bertz CT molecular complexity index is 376. The van der Waals surface area contributed by atoms with Gasteiger partial charge in [-0.15, -0.1) is 0 Å². The molecule has 0 aliphatic heterocycles. The Morgan fingerprint density at radius 2 is 2.00 bits per heavy atom. The van der Waals surface area contributed by atoms with Crippen LogP contribution in [0.4, 0.5) is 0 Å². The summed E-state index contributed by atoms with van der Waals surface area (Å²) in [4.78, 5) is 0. The molecule has 19 heavy (non-hydrogen) atoms. The van der Waals surface area contributed by atoms with E-state index in [2.05, 4.69) is 47.7 Å². The molecule has 0 unspecified atom stereocenters. The van der Waals surface area contributed by atoms with Gasteiger partial charge in [-0.2, -0.15) is 0 Å². The summed E-state index contributed by atoms with van der Waals surface area (Å²) in [6, 6.07) is 10.2. The average molecular weight is 374 g/mol. The minimum absolute atomic E-state index is 0.216. The summed E-state index contributed by atoms with van der Waals surface area (Å²) in [6.07, 6.45) is 3.20. The quantitative estimate of drug-likeness (QED) is 0.692. The minimum atomic E-state index is 0.216. The van der Waals surface area contributed by atoms with Gasteiger partial charge in [0.1, 0.15) is 0 Å². The van der Waals surface area contributed by atoms with Crippen molar-refractivity contribution in [2.24, 2.45) is 11.8 Å². The molecule has 0 saturated carbocycles. The van der Waals surface area contributed by atoms with E-state index in [-0.39, 0.29) is 12.5 Å². The van der Waals surface area contributed by atoms with Crippen LogP contribution in [0.1, 0.15) is 25.8 Å². The van der Waals surface area contributed by atoms with Gasteiger partial charge in [0.2, 0.25) is 0 Å². The van der Waals surface area contributed by atoms with E-state index < -0.39 is 0 Å². The van der Waals surface area contributed by atoms with Crippen LogP contribution in [0.2, 0.25) is 0 Å². The molecule has 0 saturated heterocycles. The van der Waals surface area contributed by atoms with Crippen molar-refractivity contribution >= 4 is 22.6 Å². The van der Waals surface area contributed by atoms with E-state index in [4.69, 9.17) is 9.84 Å². The summed E-state index contributed by atoms with van der Waals surface area (Å²) < 4.78 is 6.95. The second-order valence-corrected chi connectivity index (χ2v) is 6.26. The van der Waals surface area contributed by atoms with Gasteiger partial charge in [-0.25, -0.2) is 0 Å². The SMILES string of the molecule is C[C@H](C/C=C(/I)[C@@H](C)CO)COCc1ccccc1. The first kappa shape index (κ1) is 16.7. The van der Waals surface area contributed by atoms with Crippen LogP contribution in [-0.2, 0) is 11.3 Å². The number of aliphatic hydroxyl groups excluding tert-OH is 1. The van der Waals surface area contributed by atoms with Crippen molar-refractivity contribution in [2.45, 2.75) is 26.9 Å². The minimum Gasteiger partial charge on any atom is -0.396 e. The van der Waals surface area contributed by atoms with Crippen LogP contribution >= 0.6 is 22.6 Å². The molecule has 1 rings (SSSR count). The Balaban J connectivity index is 2.23. The fourth-order valence-electron chi connectivity index (χ4n) is 1.62. The normalized spacial score (nSPS) is 15.3. The molecule has 0 aliphatic carbocycles. The number of aliphatic hydroxyl groups is 1. The first-order valence-corrected chi connectivity index (χ1v) is 7.79. The monoisotopic (exact) mass is 374 g/mol. The van der Waals surface area contributed by atoms with E-state index in [1.54, 1.807) is 0 Å². The van der Waals surface area contributed by atoms with Gasteiger partial charge in [0.25, 0.3) is 0 Å². The van der Waals surface area contributed by atoms with Crippen molar-refractivity contribution in [3.8, 4) is 0 Å². The lowest BCUT2D eigenvalue weighted by atomic mass is 10.1. The average Bonchev–Trinajstić information content (AvgIpc) is 2.45. The molecule has 0 radical (unpaired) electrons. The fourth-order valence-corrected chi connectivity index (χ4v) is 2.07. The molecule has 0 aromatic heterocycles. The third kappa shape index (κ3) is 7.09. The van der Waals surface area contributed by atoms with Crippen LogP contribution in [0, 0.1) is 11.8 Å². The van der Waals surface area contributed by atoms with E-state index in [1.165, 1.54) is 9.14 Å². The third-order valence-electron chi connectivity index (χ3n) is 2.97. The van der Waals surface area contributed by atoms with Gasteiger partial charge in [0.05, 0.1) is 13.2 Å². The number of halogens is 1. The fraction of sp³-hybridized carbons (Fsp3) is 0.500. The van der Waals surface area contributed by atoms with Gasteiger partial charge in [-0.3, -0.25) is 0 Å². The Morgan fingerprint density at radius 1 is 1.32 bits per heavy atom. The highest BCUT2D eigenvalue weighted by molar-refractivity contribution is 14.1. The van der Waals surface area contributed by atoms with E-state index in [1.807, 2.05) is 25.1 Å². The van der Waals surface area contributed by atoms with Gasteiger partial charge in [-0.1, -0.05) is 50.3 Å². The molecule has 3 heteroatoms. The third-order valence-corrected chi connectivity index (χ3v) is 4.48. The number of ether oxygens (including phenoxy) is 1. The van der Waals surface area contributed by atoms with Gasteiger partial charge >= 0.3 is 0 Å². The second-order valence-electron chi connectivity index (χ2n) is 5.01. The molecule has 2 atom stereocenters. The van der Waals surface area contributed by atoms with Crippen molar-refractivity contribution in [2.75, 3.05) is 13.2 Å². The molecular formula is C16H23IO2. The topological polar surface area (TPSA) is 29.5 Å². The number of allylic oxidation sites excluding steroid dienone is 1. The van der Waals surface area contributed by atoms with Crippen molar-refractivity contribution in [1.82, 2.24) is 0 Å². The zero-order chi connectivity index (χ0) is 14.1. The standard InChI is InChI=1S/C16H23IO2/c1-13(8-9-16(17)14(2)10-18)11-19-12-15-6-4-3-5-7-15/h3-7,9,13-14,18H,8,10-12H2,1-2H3/b16-9+/t13-,14+/m1/s1. The molecule has 2 nitrogen and oxygen atoms in total. The van der Waals surface area contributed by atoms with Gasteiger partial charge in [-0.05, 0) is 44.1 Å². The predicted octanol–water partition coefficient (Wildman–Crippen LogP) is 4.18. The Labute approximate surface area is 130 Å². The molecule has 0 heterocycles. The maximum Gasteiger partial charge on any atom is 0.0717 e. The smallest absolute Gasteiger partial charge is 0.0717 e. The van der Waals surface area contributed by atoms with Gasteiger partial charge in [0, 0.05) is 12.5 Å². The molecule has 0 fully saturated rings. The molecule has 0 bridgehead atoms. The lowest BCUT2D eigenvalue weighted by molar-refractivity contribution is 0.0928. The zero-order valence-electron chi connectivity index (χ0n) is 11.7. The molecule has 0 aliphatic rings. The van der Waals surface area contributed by atoms with Crippen LogP contribution < -0.4 is 0 Å². The van der Waals surface area contributed by atoms with Crippen molar-refractivity contribution in [3.05, 3.63) is 45.6 Å². The summed E-state index contributed by atoms with van der Waals surface area (Å²) in [7, 11) is 0. The molecule has 1 aromatic rings. The first-order chi connectivity index (χ1) is 9.13. The zero-order valence-corrected chi connectivity index (χ0v) is 13.8. The lowest BCUT2D eigenvalue weighted by Gasteiger charge is -2.12. The van der Waals surface area contributed by atoms with Gasteiger partial charge in [0.15, 0.2) is 0 Å². The number of benzene rings is 1. The van der Waals surface area contributed by atoms with E-state index in [0.29, 0.717) is 12.5 Å². The summed E-state index contributed by atoms with van der Waals surface area (Å²) in [5.41, 5.74) is 1.22. The highest BCUT2D eigenvalue weighted by Gasteiger charge is 2.06. The summed E-state index contributed by atoms with van der Waals surface area (Å²) in [5, 5.41) is 9.07. The van der Waals surface area contributed by atoms with E-state index in [9.17, 15) is 0 Å². The maximum atomic E-state index is 9.07. The van der Waals surface area contributed by atoms with Crippen molar-refractivity contribution in [1.29, 1.82) is 0 Å². The van der Waals surface area contributed by atoms with E-state index in [0.717, 1.165) is 13.0 Å². The van der Waals surface area contributed by atoms with E-state index >= 15 is 0 Å². The number of hydrogen-bond acceptors (Lipinski definition) is 2. The Morgan fingerprint density at radius 3 is 2.63 bits per heavy atom. The first-order valence-electron chi connectivity index (χ1n) is 6.71. The summed E-state index contributed by atoms with van der Waals surface area (Å²) >= 11 is 2.31. The number of hydrogen-bond donors (Lipinski definition) is 1. The van der Waals surface area contributed by atoms with Crippen molar-refractivity contribution < 1.29 is 9.84 Å². The molecule has 0 amide bonds. The van der Waals surface area contributed by atoms with Gasteiger partial charge < -0.3 is 9.84 Å². The lowest BCUT2D eigenvalue weighted by Crippen LogP contribution is -2.06. The second kappa shape index (κ2) is 9.50. The molecule has 106 valence electrons.